The standard InChI is InChI=1S/C15H11Cl2NO3S/c16-10-6-5-9(12(17)7-10)8-22-15(21)18-13-4-2-1-3-11(13)14(19)20/h1-7H,8H2,(H,18,21)(H,19,20). The molecule has 22 heavy (non-hydrogen) atoms. The van der Waals surface area contributed by atoms with Gasteiger partial charge in [0.1, 0.15) is 0 Å². The van der Waals surface area contributed by atoms with Crippen LogP contribution in [0.15, 0.2) is 42.5 Å². The number of halogens is 2. The van der Waals surface area contributed by atoms with Crippen LogP contribution >= 0.6 is 35.0 Å². The van der Waals surface area contributed by atoms with Crippen LogP contribution in [0, 0.1) is 0 Å². The zero-order valence-corrected chi connectivity index (χ0v) is 13.5. The van der Waals surface area contributed by atoms with E-state index in [0.717, 1.165) is 17.3 Å². The minimum Gasteiger partial charge on any atom is -0.478 e. The van der Waals surface area contributed by atoms with E-state index in [1.807, 2.05) is 0 Å². The number of nitrogens with one attached hydrogen (secondary N) is 1. The van der Waals surface area contributed by atoms with Crippen LogP contribution in [0.4, 0.5) is 10.5 Å². The second kappa shape index (κ2) is 7.54. The molecule has 2 rings (SSSR count). The lowest BCUT2D eigenvalue weighted by Crippen LogP contribution is -2.10. The molecule has 0 bridgehead atoms. The number of rotatable bonds is 4. The number of hydrogen-bond acceptors (Lipinski definition) is 3. The Hall–Kier alpha value is -1.69. The van der Waals surface area contributed by atoms with Crippen LogP contribution in [0.1, 0.15) is 15.9 Å². The molecule has 0 aromatic heterocycles. The van der Waals surface area contributed by atoms with Gasteiger partial charge in [-0.2, -0.15) is 0 Å². The highest BCUT2D eigenvalue weighted by Gasteiger charge is 2.12. The quantitative estimate of drug-likeness (QED) is 0.794. The zero-order chi connectivity index (χ0) is 16.1. The molecule has 0 heterocycles. The number of carbonyl (C=O) groups excluding carboxylic acids is 1. The predicted molar refractivity (Wildman–Crippen MR) is 90.2 cm³/mol. The van der Waals surface area contributed by atoms with Crippen LogP contribution in [0.2, 0.25) is 10.0 Å². The van der Waals surface area contributed by atoms with Gasteiger partial charge in [-0.05, 0) is 29.8 Å². The van der Waals surface area contributed by atoms with Gasteiger partial charge in [0.25, 0.3) is 5.24 Å². The van der Waals surface area contributed by atoms with Crippen molar-refractivity contribution in [2.75, 3.05) is 5.32 Å². The van der Waals surface area contributed by atoms with Crippen LogP contribution in [0.25, 0.3) is 0 Å². The van der Waals surface area contributed by atoms with Gasteiger partial charge in [-0.15, -0.1) is 0 Å². The van der Waals surface area contributed by atoms with Gasteiger partial charge in [0.15, 0.2) is 0 Å². The summed E-state index contributed by atoms with van der Waals surface area (Å²) in [4.78, 5) is 23.0. The van der Waals surface area contributed by atoms with Crippen LogP contribution < -0.4 is 5.32 Å². The van der Waals surface area contributed by atoms with Gasteiger partial charge >= 0.3 is 5.97 Å². The first-order valence-corrected chi connectivity index (χ1v) is 7.91. The third-order valence-corrected chi connectivity index (χ3v) is 4.17. The first-order valence-electron chi connectivity index (χ1n) is 6.17. The van der Waals surface area contributed by atoms with E-state index in [4.69, 9.17) is 28.3 Å². The SMILES string of the molecule is O=C(Nc1ccccc1C(=O)O)SCc1ccc(Cl)cc1Cl. The Morgan fingerprint density at radius 2 is 1.86 bits per heavy atom. The van der Waals surface area contributed by atoms with Crippen molar-refractivity contribution >= 4 is 51.9 Å². The van der Waals surface area contributed by atoms with E-state index < -0.39 is 5.97 Å². The van der Waals surface area contributed by atoms with E-state index in [-0.39, 0.29) is 16.5 Å². The molecule has 2 aromatic carbocycles. The minimum atomic E-state index is -1.10. The predicted octanol–water partition coefficient (Wildman–Crippen LogP) is 5.16. The maximum absolute atomic E-state index is 11.9. The fourth-order valence-corrected chi connectivity index (χ4v) is 2.98. The van der Waals surface area contributed by atoms with Crippen LogP contribution in [-0.2, 0) is 5.75 Å². The van der Waals surface area contributed by atoms with Crippen molar-refractivity contribution < 1.29 is 14.7 Å². The van der Waals surface area contributed by atoms with Crippen LogP contribution in [0.5, 0.6) is 0 Å². The lowest BCUT2D eigenvalue weighted by atomic mass is 10.2. The molecule has 0 aliphatic heterocycles. The monoisotopic (exact) mass is 355 g/mol. The molecular weight excluding hydrogens is 345 g/mol. The summed E-state index contributed by atoms with van der Waals surface area (Å²) in [6.45, 7) is 0. The smallest absolute Gasteiger partial charge is 0.337 e. The third-order valence-electron chi connectivity index (χ3n) is 2.77. The molecule has 1 amide bonds. The summed E-state index contributed by atoms with van der Waals surface area (Å²) < 4.78 is 0. The summed E-state index contributed by atoms with van der Waals surface area (Å²) in [6.07, 6.45) is 0. The summed E-state index contributed by atoms with van der Waals surface area (Å²) in [7, 11) is 0. The molecule has 0 unspecified atom stereocenters. The Morgan fingerprint density at radius 1 is 1.14 bits per heavy atom. The Morgan fingerprint density at radius 3 is 2.55 bits per heavy atom. The number of thioether (sulfide) groups is 1. The van der Waals surface area contributed by atoms with E-state index in [9.17, 15) is 9.59 Å². The normalized spacial score (nSPS) is 10.3. The van der Waals surface area contributed by atoms with Crippen molar-refractivity contribution in [2.45, 2.75) is 5.75 Å². The largest absolute Gasteiger partial charge is 0.478 e. The first-order chi connectivity index (χ1) is 10.5. The molecule has 0 aliphatic carbocycles. The number of anilines is 1. The highest BCUT2D eigenvalue weighted by molar-refractivity contribution is 8.13. The van der Waals surface area contributed by atoms with Gasteiger partial charge in [-0.1, -0.05) is 53.2 Å². The minimum absolute atomic E-state index is 0.0426. The lowest BCUT2D eigenvalue weighted by Gasteiger charge is -2.08. The van der Waals surface area contributed by atoms with E-state index in [2.05, 4.69) is 5.32 Å². The molecule has 7 heteroatoms. The van der Waals surface area contributed by atoms with Gasteiger partial charge in [0.05, 0.1) is 11.3 Å². The van der Waals surface area contributed by atoms with E-state index in [1.54, 1.807) is 30.3 Å². The third kappa shape index (κ3) is 4.40. The van der Waals surface area contributed by atoms with E-state index >= 15 is 0 Å². The van der Waals surface area contributed by atoms with Crippen LogP contribution in [-0.4, -0.2) is 16.3 Å². The molecule has 0 spiro atoms. The first kappa shape index (κ1) is 16.7. The molecule has 2 N–H and O–H groups in total. The summed E-state index contributed by atoms with van der Waals surface area (Å²) in [5.41, 5.74) is 1.08. The molecule has 2 aromatic rings. The Balaban J connectivity index is 2.00. The topological polar surface area (TPSA) is 66.4 Å². The number of carboxylic acids is 1. The van der Waals surface area contributed by atoms with E-state index in [1.165, 1.54) is 12.1 Å². The summed E-state index contributed by atoms with van der Waals surface area (Å²) in [5, 5.41) is 12.3. The van der Waals surface area contributed by atoms with Crippen molar-refractivity contribution in [3.63, 3.8) is 0 Å². The average molecular weight is 356 g/mol. The van der Waals surface area contributed by atoms with Crippen molar-refractivity contribution in [3.05, 3.63) is 63.6 Å². The second-order valence-corrected chi connectivity index (χ2v) is 6.08. The highest BCUT2D eigenvalue weighted by Crippen LogP contribution is 2.26. The number of carboxylic acid groups (broad SMARTS) is 1. The van der Waals surface area contributed by atoms with Crippen molar-refractivity contribution in [1.82, 2.24) is 0 Å². The van der Waals surface area contributed by atoms with Gasteiger partial charge < -0.3 is 10.4 Å². The maximum Gasteiger partial charge on any atom is 0.337 e. The summed E-state index contributed by atoms with van der Waals surface area (Å²) in [6, 6.07) is 11.3. The second-order valence-electron chi connectivity index (χ2n) is 4.29. The molecule has 114 valence electrons. The van der Waals surface area contributed by atoms with Gasteiger partial charge in [-0.3, -0.25) is 4.79 Å². The van der Waals surface area contributed by atoms with Crippen molar-refractivity contribution in [2.24, 2.45) is 0 Å². The lowest BCUT2D eigenvalue weighted by molar-refractivity contribution is 0.0698. The fraction of sp³-hybridized carbons (Fsp3) is 0.0667. The number of para-hydroxylation sites is 1. The van der Waals surface area contributed by atoms with Gasteiger partial charge in [-0.25, -0.2) is 4.79 Å². The molecule has 0 saturated heterocycles. The van der Waals surface area contributed by atoms with Gasteiger partial charge in [0, 0.05) is 15.8 Å². The number of benzene rings is 2. The van der Waals surface area contributed by atoms with Crippen molar-refractivity contribution in [3.8, 4) is 0 Å². The molecule has 0 fully saturated rings. The molecule has 0 aliphatic rings. The number of hydrogen-bond donors (Lipinski definition) is 2. The summed E-state index contributed by atoms with van der Waals surface area (Å²) in [5.74, 6) is -0.737. The van der Waals surface area contributed by atoms with E-state index in [0.29, 0.717) is 15.8 Å². The Kier molecular flexibility index (Phi) is 5.71. The Labute approximate surface area is 141 Å². The number of carbonyl (C=O) groups is 2. The number of aromatic carboxylic acids is 1. The molecule has 4 nitrogen and oxygen atoms in total. The summed E-state index contributed by atoms with van der Waals surface area (Å²) >= 11 is 12.8. The molecular formula is C15H11Cl2NO3S. The average Bonchev–Trinajstić information content (AvgIpc) is 2.46. The van der Waals surface area contributed by atoms with Crippen LogP contribution in [0.3, 0.4) is 0 Å². The molecule has 0 saturated carbocycles. The highest BCUT2D eigenvalue weighted by atomic mass is 35.5. The molecule has 0 radical (unpaired) electrons. The zero-order valence-electron chi connectivity index (χ0n) is 11.2. The van der Waals surface area contributed by atoms with Crippen molar-refractivity contribution in [1.29, 1.82) is 0 Å². The fourth-order valence-electron chi connectivity index (χ4n) is 1.71. The maximum atomic E-state index is 11.9. The Bertz CT molecular complexity index is 722. The number of amides is 1. The van der Waals surface area contributed by atoms with Gasteiger partial charge in [0.2, 0.25) is 0 Å². The molecule has 0 atom stereocenters.